The van der Waals surface area contributed by atoms with Crippen molar-refractivity contribution in [2.24, 2.45) is 0 Å². The van der Waals surface area contributed by atoms with Crippen LogP contribution in [0.1, 0.15) is 12.8 Å². The molecule has 1 unspecified atom stereocenters. The Bertz CT molecular complexity index is 467. The number of rotatable bonds is 3. The predicted molar refractivity (Wildman–Crippen MR) is 75.0 cm³/mol. The zero-order valence-corrected chi connectivity index (χ0v) is 12.6. The largest absolute Gasteiger partial charge is 0.573 e. The molecule has 0 radical (unpaired) electrons. The number of nitrogens with zero attached hydrogens (tertiary/aromatic N) is 1. The Hall–Kier alpha value is -0.950. The van der Waals surface area contributed by atoms with Crippen molar-refractivity contribution in [3.05, 3.63) is 22.7 Å². The fourth-order valence-electron chi connectivity index (χ4n) is 2.33. The molecule has 1 aliphatic rings. The minimum Gasteiger partial charge on any atom is -0.404 e. The zero-order chi connectivity index (χ0) is 14.8. The third-order valence-electron chi connectivity index (χ3n) is 3.15. The van der Waals surface area contributed by atoms with E-state index in [1.165, 1.54) is 6.07 Å². The van der Waals surface area contributed by atoms with E-state index in [1.807, 2.05) is 7.05 Å². The van der Waals surface area contributed by atoms with Gasteiger partial charge in [-0.1, -0.05) is 15.9 Å². The molecule has 1 aliphatic heterocycles. The maximum absolute atomic E-state index is 12.4. The highest BCUT2D eigenvalue weighted by Crippen LogP contribution is 2.33. The van der Waals surface area contributed by atoms with Crippen molar-refractivity contribution in [2.75, 3.05) is 25.5 Å². The van der Waals surface area contributed by atoms with Gasteiger partial charge in [-0.25, -0.2) is 0 Å². The summed E-state index contributed by atoms with van der Waals surface area (Å²) >= 11 is 3.16. The fraction of sp³-hybridized carbons (Fsp3) is 0.538. The van der Waals surface area contributed by atoms with Crippen molar-refractivity contribution >= 4 is 21.6 Å². The Kier molecular flexibility index (Phi) is 4.80. The minimum absolute atomic E-state index is 0.130. The molecular weight excluding hydrogens is 337 g/mol. The summed E-state index contributed by atoms with van der Waals surface area (Å²) in [5.74, 6) is -0.208. The molecule has 0 saturated carbocycles. The molecule has 3 nitrogen and oxygen atoms in total. The van der Waals surface area contributed by atoms with Crippen molar-refractivity contribution in [3.8, 4) is 5.75 Å². The quantitative estimate of drug-likeness (QED) is 0.893. The molecule has 1 atom stereocenters. The molecule has 0 aliphatic carbocycles. The Morgan fingerprint density at radius 2 is 2.15 bits per heavy atom. The molecule has 2 rings (SSSR count). The molecule has 1 saturated heterocycles. The van der Waals surface area contributed by atoms with Gasteiger partial charge in [0.25, 0.3) is 0 Å². The third kappa shape index (κ3) is 4.56. The molecule has 112 valence electrons. The molecule has 0 aromatic heterocycles. The molecule has 20 heavy (non-hydrogen) atoms. The van der Waals surface area contributed by atoms with Gasteiger partial charge < -0.3 is 15.0 Å². The molecule has 1 heterocycles. The summed E-state index contributed by atoms with van der Waals surface area (Å²) in [6, 6.07) is 4.74. The number of benzene rings is 1. The molecule has 1 N–H and O–H groups in total. The maximum Gasteiger partial charge on any atom is 0.573 e. The number of hydrogen-bond donors (Lipinski definition) is 1. The fourth-order valence-corrected chi connectivity index (χ4v) is 2.67. The van der Waals surface area contributed by atoms with Gasteiger partial charge in [-0.2, -0.15) is 0 Å². The van der Waals surface area contributed by atoms with Gasteiger partial charge in [-0.05, 0) is 44.6 Å². The van der Waals surface area contributed by atoms with Crippen LogP contribution >= 0.6 is 15.9 Å². The lowest BCUT2D eigenvalue weighted by atomic mass is 10.1. The molecule has 1 aromatic rings. The van der Waals surface area contributed by atoms with Crippen LogP contribution in [0.25, 0.3) is 0 Å². The number of halogens is 4. The highest BCUT2D eigenvalue weighted by molar-refractivity contribution is 9.10. The van der Waals surface area contributed by atoms with Crippen molar-refractivity contribution < 1.29 is 17.9 Å². The van der Waals surface area contributed by atoms with E-state index in [1.54, 1.807) is 12.1 Å². The van der Waals surface area contributed by atoms with E-state index in [-0.39, 0.29) is 11.8 Å². The first-order valence-electron chi connectivity index (χ1n) is 6.34. The normalized spacial score (nSPS) is 20.8. The number of ether oxygens (including phenoxy) is 1. The van der Waals surface area contributed by atoms with Gasteiger partial charge in [0, 0.05) is 17.1 Å². The number of likely N-dealkylation sites (N-methyl/N-ethyl adjacent to an activating group) is 1. The second-order valence-corrected chi connectivity index (χ2v) is 5.85. The summed E-state index contributed by atoms with van der Waals surface area (Å²) in [7, 11) is 2.00. The van der Waals surface area contributed by atoms with Gasteiger partial charge in [0.05, 0.1) is 5.69 Å². The van der Waals surface area contributed by atoms with Crippen LogP contribution in [0.2, 0.25) is 0 Å². The van der Waals surface area contributed by atoms with Crippen molar-refractivity contribution in [1.82, 2.24) is 4.90 Å². The number of hydrogen-bond acceptors (Lipinski definition) is 3. The summed E-state index contributed by atoms with van der Waals surface area (Å²) < 4.78 is 41.9. The lowest BCUT2D eigenvalue weighted by Crippen LogP contribution is -2.39. The van der Waals surface area contributed by atoms with E-state index < -0.39 is 6.36 Å². The van der Waals surface area contributed by atoms with Crippen LogP contribution < -0.4 is 10.1 Å². The third-order valence-corrected chi connectivity index (χ3v) is 3.65. The molecule has 0 spiro atoms. The minimum atomic E-state index is -4.69. The van der Waals surface area contributed by atoms with E-state index in [4.69, 9.17) is 0 Å². The van der Waals surface area contributed by atoms with Gasteiger partial charge in [-0.15, -0.1) is 13.2 Å². The van der Waals surface area contributed by atoms with Crippen molar-refractivity contribution in [3.63, 3.8) is 0 Å². The number of likely N-dealkylation sites (tertiary alicyclic amines) is 1. The lowest BCUT2D eigenvalue weighted by molar-refractivity contribution is -0.274. The number of alkyl halides is 3. The monoisotopic (exact) mass is 352 g/mol. The second-order valence-electron chi connectivity index (χ2n) is 4.93. The maximum atomic E-state index is 12.4. The molecule has 7 heteroatoms. The summed E-state index contributed by atoms with van der Waals surface area (Å²) in [4.78, 5) is 2.16. The molecule has 1 aromatic carbocycles. The standard InChI is InChI=1S/C13H16BrF3N2O/c1-19-6-2-3-10(8-19)18-11-5-4-9(14)7-12(11)20-13(15,16)17/h4-5,7,10,18H,2-3,6,8H2,1H3. The van der Waals surface area contributed by atoms with E-state index in [0.29, 0.717) is 10.2 Å². The SMILES string of the molecule is CN1CCCC(Nc2ccc(Br)cc2OC(F)(F)F)C1. The van der Waals surface area contributed by atoms with E-state index in [9.17, 15) is 13.2 Å². The highest BCUT2D eigenvalue weighted by atomic mass is 79.9. The molecule has 1 fully saturated rings. The molecule has 0 amide bonds. The Morgan fingerprint density at radius 1 is 1.40 bits per heavy atom. The van der Waals surface area contributed by atoms with Gasteiger partial charge in [0.1, 0.15) is 0 Å². The Labute approximate surface area is 124 Å². The first-order valence-corrected chi connectivity index (χ1v) is 7.13. The van der Waals surface area contributed by atoms with Crippen molar-refractivity contribution in [2.45, 2.75) is 25.2 Å². The number of piperidine rings is 1. The molecule has 0 bridgehead atoms. The summed E-state index contributed by atoms with van der Waals surface area (Å²) in [5.41, 5.74) is 0.367. The summed E-state index contributed by atoms with van der Waals surface area (Å²) in [5, 5.41) is 3.14. The van der Waals surface area contributed by atoms with Crippen LogP contribution in [0, 0.1) is 0 Å². The van der Waals surface area contributed by atoms with Crippen LogP contribution in [0.15, 0.2) is 22.7 Å². The zero-order valence-electron chi connectivity index (χ0n) is 11.0. The molecular formula is C13H16BrF3N2O. The van der Waals surface area contributed by atoms with Gasteiger partial charge in [0.15, 0.2) is 5.75 Å². The lowest BCUT2D eigenvalue weighted by Gasteiger charge is -2.31. The first-order chi connectivity index (χ1) is 9.33. The van der Waals surface area contributed by atoms with Gasteiger partial charge >= 0.3 is 6.36 Å². The average Bonchev–Trinajstić information content (AvgIpc) is 2.31. The highest BCUT2D eigenvalue weighted by Gasteiger charge is 2.32. The van der Waals surface area contributed by atoms with E-state index in [2.05, 4.69) is 30.9 Å². The van der Waals surface area contributed by atoms with Gasteiger partial charge in [0.2, 0.25) is 0 Å². The second kappa shape index (κ2) is 6.22. The van der Waals surface area contributed by atoms with Crippen LogP contribution in [-0.4, -0.2) is 37.4 Å². The van der Waals surface area contributed by atoms with E-state index in [0.717, 1.165) is 25.9 Å². The van der Waals surface area contributed by atoms with Crippen LogP contribution in [0.5, 0.6) is 5.75 Å². The van der Waals surface area contributed by atoms with Gasteiger partial charge in [-0.3, -0.25) is 0 Å². The number of anilines is 1. The number of nitrogens with one attached hydrogen (secondary N) is 1. The van der Waals surface area contributed by atoms with Crippen LogP contribution in [-0.2, 0) is 0 Å². The Balaban J connectivity index is 2.13. The first kappa shape index (κ1) is 15.4. The van der Waals surface area contributed by atoms with E-state index >= 15 is 0 Å². The smallest absolute Gasteiger partial charge is 0.404 e. The average molecular weight is 353 g/mol. The van der Waals surface area contributed by atoms with Crippen molar-refractivity contribution in [1.29, 1.82) is 0 Å². The van der Waals surface area contributed by atoms with Crippen LogP contribution in [0.4, 0.5) is 18.9 Å². The summed E-state index contributed by atoms with van der Waals surface area (Å²) in [6.45, 7) is 1.83. The topological polar surface area (TPSA) is 24.5 Å². The Morgan fingerprint density at radius 3 is 2.80 bits per heavy atom. The van der Waals surface area contributed by atoms with Crippen LogP contribution in [0.3, 0.4) is 0 Å². The summed E-state index contributed by atoms with van der Waals surface area (Å²) in [6.07, 6.45) is -2.73. The predicted octanol–water partition coefficient (Wildman–Crippen LogP) is 3.85.